The molecule has 1 unspecified atom stereocenters. The van der Waals surface area contributed by atoms with Crippen molar-refractivity contribution in [2.75, 3.05) is 13.7 Å². The fourth-order valence-corrected chi connectivity index (χ4v) is 1.95. The molecular formula is C17H20O3. The summed E-state index contributed by atoms with van der Waals surface area (Å²) in [5.74, 6) is 1.59. The molecule has 0 fully saturated rings. The Balaban J connectivity index is 2.00. The number of aliphatic hydroxyl groups is 1. The Bertz CT molecular complexity index is 561. The summed E-state index contributed by atoms with van der Waals surface area (Å²) >= 11 is 0. The summed E-state index contributed by atoms with van der Waals surface area (Å²) < 4.78 is 10.8. The molecule has 0 aliphatic rings. The maximum Gasteiger partial charge on any atom is 0.122 e. The number of benzene rings is 2. The molecule has 0 saturated carbocycles. The average Bonchev–Trinajstić information content (AvgIpc) is 2.48. The summed E-state index contributed by atoms with van der Waals surface area (Å²) in [4.78, 5) is 0. The molecule has 1 atom stereocenters. The lowest BCUT2D eigenvalue weighted by Crippen LogP contribution is -2.10. The molecule has 0 amide bonds. The topological polar surface area (TPSA) is 38.7 Å². The van der Waals surface area contributed by atoms with Crippen LogP contribution >= 0.6 is 0 Å². The van der Waals surface area contributed by atoms with Gasteiger partial charge < -0.3 is 14.6 Å². The number of rotatable bonds is 5. The largest absolute Gasteiger partial charge is 0.497 e. The molecule has 0 aromatic heterocycles. The van der Waals surface area contributed by atoms with Crippen LogP contribution in [0.15, 0.2) is 42.5 Å². The molecule has 2 rings (SSSR count). The van der Waals surface area contributed by atoms with Crippen LogP contribution < -0.4 is 9.47 Å². The van der Waals surface area contributed by atoms with Crippen LogP contribution in [0.25, 0.3) is 0 Å². The van der Waals surface area contributed by atoms with Gasteiger partial charge in [-0.3, -0.25) is 0 Å². The van der Waals surface area contributed by atoms with E-state index in [1.807, 2.05) is 56.3 Å². The van der Waals surface area contributed by atoms with Crippen molar-refractivity contribution in [2.45, 2.75) is 20.0 Å². The summed E-state index contributed by atoms with van der Waals surface area (Å²) in [5.41, 5.74) is 3.03. The monoisotopic (exact) mass is 272 g/mol. The first-order valence-electron chi connectivity index (χ1n) is 6.62. The van der Waals surface area contributed by atoms with Crippen LogP contribution in [0.1, 0.15) is 22.8 Å². The molecule has 0 bridgehead atoms. The summed E-state index contributed by atoms with van der Waals surface area (Å²) in [6.07, 6.45) is -0.652. The standard InChI is InChI=1S/C17H20O3/c1-12-4-5-13(2)17(10-12)20-11-16(18)14-6-8-15(19-3)9-7-14/h4-10,16,18H,11H2,1-3H3. The third kappa shape index (κ3) is 3.52. The van der Waals surface area contributed by atoms with Crippen molar-refractivity contribution >= 4 is 0 Å². The Morgan fingerprint density at radius 2 is 1.75 bits per heavy atom. The number of aryl methyl sites for hydroxylation is 2. The summed E-state index contributed by atoms with van der Waals surface area (Å²) in [5, 5.41) is 10.1. The van der Waals surface area contributed by atoms with Gasteiger partial charge in [0.1, 0.15) is 24.2 Å². The molecule has 0 heterocycles. The lowest BCUT2D eigenvalue weighted by molar-refractivity contribution is 0.108. The van der Waals surface area contributed by atoms with E-state index in [2.05, 4.69) is 0 Å². The SMILES string of the molecule is COc1ccc(C(O)COc2cc(C)ccc2C)cc1. The fourth-order valence-electron chi connectivity index (χ4n) is 1.95. The average molecular weight is 272 g/mol. The zero-order valence-corrected chi connectivity index (χ0v) is 12.1. The second kappa shape index (κ2) is 6.44. The number of hydrogen-bond donors (Lipinski definition) is 1. The zero-order chi connectivity index (χ0) is 14.5. The fraction of sp³-hybridized carbons (Fsp3) is 0.294. The molecule has 3 heteroatoms. The molecular weight excluding hydrogens is 252 g/mol. The van der Waals surface area contributed by atoms with Gasteiger partial charge in [-0.25, -0.2) is 0 Å². The van der Waals surface area contributed by atoms with Gasteiger partial charge in [0.05, 0.1) is 7.11 Å². The van der Waals surface area contributed by atoms with Crippen LogP contribution in [0.5, 0.6) is 11.5 Å². The van der Waals surface area contributed by atoms with E-state index in [4.69, 9.17) is 9.47 Å². The molecule has 0 aliphatic carbocycles. The van der Waals surface area contributed by atoms with Crippen molar-refractivity contribution in [3.05, 3.63) is 59.2 Å². The van der Waals surface area contributed by atoms with E-state index in [-0.39, 0.29) is 6.61 Å². The minimum absolute atomic E-state index is 0.233. The Labute approximate surface area is 119 Å². The Morgan fingerprint density at radius 3 is 2.40 bits per heavy atom. The van der Waals surface area contributed by atoms with Gasteiger partial charge in [-0.1, -0.05) is 24.3 Å². The Kier molecular flexibility index (Phi) is 4.64. The highest BCUT2D eigenvalue weighted by Gasteiger charge is 2.09. The highest BCUT2D eigenvalue weighted by molar-refractivity contribution is 5.36. The van der Waals surface area contributed by atoms with Gasteiger partial charge in [-0.2, -0.15) is 0 Å². The molecule has 0 saturated heterocycles. The Morgan fingerprint density at radius 1 is 1.05 bits per heavy atom. The van der Waals surface area contributed by atoms with Gasteiger partial charge in [0.15, 0.2) is 0 Å². The maximum atomic E-state index is 10.1. The van der Waals surface area contributed by atoms with E-state index in [9.17, 15) is 5.11 Å². The van der Waals surface area contributed by atoms with Crippen LogP contribution in [-0.2, 0) is 0 Å². The minimum atomic E-state index is -0.652. The molecule has 2 aromatic carbocycles. The zero-order valence-electron chi connectivity index (χ0n) is 12.1. The first-order chi connectivity index (χ1) is 9.60. The highest BCUT2D eigenvalue weighted by Crippen LogP contribution is 2.22. The van der Waals surface area contributed by atoms with E-state index >= 15 is 0 Å². The lowest BCUT2D eigenvalue weighted by Gasteiger charge is -2.15. The highest BCUT2D eigenvalue weighted by atomic mass is 16.5. The second-order valence-corrected chi connectivity index (χ2v) is 4.87. The summed E-state index contributed by atoms with van der Waals surface area (Å²) in [6, 6.07) is 13.4. The molecule has 0 radical (unpaired) electrons. The second-order valence-electron chi connectivity index (χ2n) is 4.87. The number of ether oxygens (including phenoxy) is 2. The third-order valence-electron chi connectivity index (χ3n) is 3.24. The van der Waals surface area contributed by atoms with Crippen molar-refractivity contribution in [3.8, 4) is 11.5 Å². The smallest absolute Gasteiger partial charge is 0.122 e. The van der Waals surface area contributed by atoms with Crippen LogP contribution in [0.4, 0.5) is 0 Å². The normalized spacial score (nSPS) is 12.0. The van der Waals surface area contributed by atoms with Gasteiger partial charge in [0.2, 0.25) is 0 Å². The Hall–Kier alpha value is -2.00. The van der Waals surface area contributed by atoms with Crippen LogP contribution in [-0.4, -0.2) is 18.8 Å². The number of methoxy groups -OCH3 is 1. The predicted octanol–water partition coefficient (Wildman–Crippen LogP) is 3.42. The first kappa shape index (κ1) is 14.4. The number of aliphatic hydroxyl groups excluding tert-OH is 1. The van der Waals surface area contributed by atoms with E-state index in [0.29, 0.717) is 0 Å². The van der Waals surface area contributed by atoms with Crippen molar-refractivity contribution in [1.82, 2.24) is 0 Å². The molecule has 0 aliphatic heterocycles. The lowest BCUT2D eigenvalue weighted by atomic mass is 10.1. The maximum absolute atomic E-state index is 10.1. The van der Waals surface area contributed by atoms with Crippen LogP contribution in [0.3, 0.4) is 0 Å². The van der Waals surface area contributed by atoms with Crippen molar-refractivity contribution in [2.24, 2.45) is 0 Å². The van der Waals surface area contributed by atoms with E-state index in [0.717, 1.165) is 28.2 Å². The third-order valence-corrected chi connectivity index (χ3v) is 3.24. The van der Waals surface area contributed by atoms with Gasteiger partial charge in [0.25, 0.3) is 0 Å². The van der Waals surface area contributed by atoms with Crippen molar-refractivity contribution < 1.29 is 14.6 Å². The van der Waals surface area contributed by atoms with Gasteiger partial charge in [0, 0.05) is 0 Å². The van der Waals surface area contributed by atoms with Gasteiger partial charge in [-0.15, -0.1) is 0 Å². The van der Waals surface area contributed by atoms with Gasteiger partial charge >= 0.3 is 0 Å². The molecule has 106 valence electrons. The summed E-state index contributed by atoms with van der Waals surface area (Å²) in [6.45, 7) is 4.25. The first-order valence-corrected chi connectivity index (χ1v) is 6.62. The quantitative estimate of drug-likeness (QED) is 0.906. The van der Waals surface area contributed by atoms with Gasteiger partial charge in [-0.05, 0) is 48.7 Å². The van der Waals surface area contributed by atoms with E-state index < -0.39 is 6.10 Å². The predicted molar refractivity (Wildman–Crippen MR) is 79.4 cm³/mol. The minimum Gasteiger partial charge on any atom is -0.497 e. The molecule has 3 nitrogen and oxygen atoms in total. The van der Waals surface area contributed by atoms with Crippen molar-refractivity contribution in [3.63, 3.8) is 0 Å². The van der Waals surface area contributed by atoms with E-state index in [1.165, 1.54) is 0 Å². The molecule has 2 aromatic rings. The van der Waals surface area contributed by atoms with Crippen LogP contribution in [0, 0.1) is 13.8 Å². The van der Waals surface area contributed by atoms with E-state index in [1.54, 1.807) is 7.11 Å². The molecule has 1 N–H and O–H groups in total. The summed E-state index contributed by atoms with van der Waals surface area (Å²) in [7, 11) is 1.62. The van der Waals surface area contributed by atoms with Crippen LogP contribution in [0.2, 0.25) is 0 Å². The molecule has 20 heavy (non-hydrogen) atoms. The molecule has 0 spiro atoms. The number of hydrogen-bond acceptors (Lipinski definition) is 3. The van der Waals surface area contributed by atoms with Crippen molar-refractivity contribution in [1.29, 1.82) is 0 Å².